The number of hydrogen-bond acceptors (Lipinski definition) is 5. The van der Waals surface area contributed by atoms with Crippen LogP contribution in [0.4, 0.5) is 0 Å². The fraction of sp³-hybridized carbons (Fsp3) is 0.231. The van der Waals surface area contributed by atoms with Crippen LogP contribution in [0.5, 0.6) is 0 Å². The van der Waals surface area contributed by atoms with Gasteiger partial charge in [0.05, 0.1) is 23.4 Å². The Balaban J connectivity index is 1.48. The minimum Gasteiger partial charge on any atom is -0.350 e. The summed E-state index contributed by atoms with van der Waals surface area (Å²) in [4.78, 5) is 28.3. The van der Waals surface area contributed by atoms with E-state index in [-0.39, 0.29) is 12.5 Å². The first kappa shape index (κ1) is 24.9. The second-order valence-corrected chi connectivity index (χ2v) is 9.25. The molecule has 0 atom stereocenters. The average Bonchev–Trinajstić information content (AvgIpc) is 3.67. The molecule has 0 unspecified atom stereocenters. The highest BCUT2D eigenvalue weighted by atomic mass is 35.5. The lowest BCUT2D eigenvalue weighted by atomic mass is 9.90. The van der Waals surface area contributed by atoms with Crippen LogP contribution >= 0.6 is 23.2 Å². The second-order valence-electron chi connectivity index (χ2n) is 8.44. The van der Waals surface area contributed by atoms with Gasteiger partial charge >= 0.3 is 0 Å². The van der Waals surface area contributed by atoms with Gasteiger partial charge in [0.15, 0.2) is 0 Å². The quantitative estimate of drug-likeness (QED) is 0.229. The maximum Gasteiger partial charge on any atom is 0.230 e. The van der Waals surface area contributed by atoms with Gasteiger partial charge in [-0.1, -0.05) is 47.5 Å². The molecule has 4 rings (SSSR count). The van der Waals surface area contributed by atoms with E-state index in [1.807, 2.05) is 37.3 Å². The van der Waals surface area contributed by atoms with E-state index in [1.54, 1.807) is 24.4 Å². The molecule has 3 aromatic rings. The molecule has 0 saturated heterocycles. The summed E-state index contributed by atoms with van der Waals surface area (Å²) in [6.45, 7) is 2.40. The van der Waals surface area contributed by atoms with Crippen molar-refractivity contribution in [1.82, 2.24) is 15.7 Å². The Labute approximate surface area is 213 Å². The summed E-state index contributed by atoms with van der Waals surface area (Å²) < 4.78 is 0. The number of rotatable bonds is 9. The van der Waals surface area contributed by atoms with Crippen molar-refractivity contribution in [3.8, 4) is 11.1 Å². The molecular formula is C26H25Cl2N5O2. The van der Waals surface area contributed by atoms with Gasteiger partial charge < -0.3 is 11.1 Å². The molecule has 1 aliphatic carbocycles. The summed E-state index contributed by atoms with van der Waals surface area (Å²) in [5, 5.41) is 8.18. The van der Waals surface area contributed by atoms with Crippen LogP contribution in [0.25, 0.3) is 11.1 Å². The second kappa shape index (κ2) is 10.6. The Bertz CT molecular complexity index is 1270. The molecule has 1 fully saturated rings. The third kappa shape index (κ3) is 5.22. The molecule has 1 saturated carbocycles. The Morgan fingerprint density at radius 3 is 2.51 bits per heavy atom. The maximum absolute atomic E-state index is 13.2. The van der Waals surface area contributed by atoms with Gasteiger partial charge in [0.25, 0.3) is 0 Å². The molecule has 4 N–H and O–H groups in total. The van der Waals surface area contributed by atoms with Crippen LogP contribution in [-0.4, -0.2) is 29.6 Å². The van der Waals surface area contributed by atoms with Crippen LogP contribution in [-0.2, 0) is 21.5 Å². The normalized spacial score (nSPS) is 14.3. The van der Waals surface area contributed by atoms with Crippen LogP contribution in [0.2, 0.25) is 10.0 Å². The Hall–Kier alpha value is -3.26. The summed E-state index contributed by atoms with van der Waals surface area (Å²) in [5.41, 5.74) is 13.0. The lowest BCUT2D eigenvalue weighted by molar-refractivity contribution is -0.123. The van der Waals surface area contributed by atoms with E-state index in [2.05, 4.69) is 20.8 Å². The largest absolute Gasteiger partial charge is 0.350 e. The average molecular weight is 510 g/mol. The number of hydrazone groups is 1. The lowest BCUT2D eigenvalue weighted by Crippen LogP contribution is -2.34. The number of carbonyl (C=O) groups is 2. The fourth-order valence-electron chi connectivity index (χ4n) is 4.11. The predicted octanol–water partition coefficient (Wildman–Crippen LogP) is 4.12. The first-order valence-corrected chi connectivity index (χ1v) is 11.9. The zero-order chi connectivity index (χ0) is 25.0. The third-order valence-electron chi connectivity index (χ3n) is 6.24. The first-order valence-electron chi connectivity index (χ1n) is 11.1. The molecular weight excluding hydrogens is 485 g/mol. The predicted molar refractivity (Wildman–Crippen MR) is 138 cm³/mol. The van der Waals surface area contributed by atoms with E-state index in [0.29, 0.717) is 28.7 Å². The number of amides is 2. The van der Waals surface area contributed by atoms with E-state index < -0.39 is 5.41 Å². The van der Waals surface area contributed by atoms with Crippen molar-refractivity contribution in [2.24, 2.45) is 10.8 Å². The minimum atomic E-state index is -0.592. The number of carbonyl (C=O) groups excluding carboxylic acids is 2. The van der Waals surface area contributed by atoms with Crippen molar-refractivity contribution in [3.05, 3.63) is 87.2 Å². The van der Waals surface area contributed by atoms with Crippen LogP contribution in [0, 0.1) is 6.92 Å². The summed E-state index contributed by atoms with van der Waals surface area (Å²) in [7, 11) is 0. The fourth-order valence-corrected chi connectivity index (χ4v) is 4.73. The highest BCUT2D eigenvalue weighted by Gasteiger charge is 2.51. The van der Waals surface area contributed by atoms with E-state index in [9.17, 15) is 9.59 Å². The zero-order valence-electron chi connectivity index (χ0n) is 19.1. The highest BCUT2D eigenvalue weighted by Crippen LogP contribution is 2.49. The smallest absolute Gasteiger partial charge is 0.230 e. The van der Waals surface area contributed by atoms with E-state index >= 15 is 0 Å². The van der Waals surface area contributed by atoms with Crippen molar-refractivity contribution < 1.29 is 9.59 Å². The Morgan fingerprint density at radius 1 is 1.17 bits per heavy atom. The van der Waals surface area contributed by atoms with Gasteiger partial charge in [0.1, 0.15) is 0 Å². The molecule has 1 aromatic heterocycles. The number of nitrogens with two attached hydrogens (primary N) is 1. The first-order chi connectivity index (χ1) is 16.9. The van der Waals surface area contributed by atoms with Crippen molar-refractivity contribution in [1.29, 1.82) is 0 Å². The van der Waals surface area contributed by atoms with Crippen LogP contribution in [0.3, 0.4) is 0 Å². The molecule has 9 heteroatoms. The summed E-state index contributed by atoms with van der Waals surface area (Å²) >= 11 is 12.6. The van der Waals surface area contributed by atoms with Crippen molar-refractivity contribution in [2.75, 3.05) is 6.54 Å². The van der Waals surface area contributed by atoms with Crippen molar-refractivity contribution in [3.63, 3.8) is 0 Å². The number of hydrogen-bond donors (Lipinski definition) is 3. The van der Waals surface area contributed by atoms with Gasteiger partial charge in [-0.05, 0) is 55.2 Å². The molecule has 1 aliphatic rings. The molecule has 2 aromatic carbocycles. The lowest BCUT2D eigenvalue weighted by Gasteiger charge is -2.18. The minimum absolute atomic E-state index is 0.0513. The van der Waals surface area contributed by atoms with Gasteiger partial charge in [-0.3, -0.25) is 14.6 Å². The molecule has 1 heterocycles. The van der Waals surface area contributed by atoms with Gasteiger partial charge in [-0.2, -0.15) is 5.10 Å². The monoisotopic (exact) mass is 509 g/mol. The summed E-state index contributed by atoms with van der Waals surface area (Å²) in [6, 6.07) is 15.0. The number of aryl methyl sites for hydroxylation is 1. The number of aromatic nitrogens is 1. The van der Waals surface area contributed by atoms with Gasteiger partial charge in [-0.25, -0.2) is 5.43 Å². The molecule has 180 valence electrons. The molecule has 0 bridgehead atoms. The third-order valence-corrected chi connectivity index (χ3v) is 6.87. The maximum atomic E-state index is 13.2. The molecule has 0 aliphatic heterocycles. The number of benzene rings is 2. The SMILES string of the molecule is Cc1ccc(C2(C(=O)NCc3ccc(-c4c(Cl)cccc4Cl)cn3)CC2)cc1/C(CN)=N\NC=O. The van der Waals surface area contributed by atoms with Crippen LogP contribution in [0.15, 0.2) is 59.8 Å². The Morgan fingerprint density at radius 2 is 1.91 bits per heavy atom. The van der Waals surface area contributed by atoms with Crippen LogP contribution in [0.1, 0.15) is 35.2 Å². The van der Waals surface area contributed by atoms with Crippen molar-refractivity contribution in [2.45, 2.75) is 31.7 Å². The number of halogens is 2. The number of nitrogens with zero attached hydrogens (tertiary/aromatic N) is 2. The van der Waals surface area contributed by atoms with Crippen LogP contribution < -0.4 is 16.5 Å². The molecule has 0 radical (unpaired) electrons. The molecule has 35 heavy (non-hydrogen) atoms. The zero-order valence-corrected chi connectivity index (χ0v) is 20.7. The molecule has 2 amide bonds. The van der Waals surface area contributed by atoms with E-state index in [4.69, 9.17) is 28.9 Å². The van der Waals surface area contributed by atoms with Gasteiger partial charge in [-0.15, -0.1) is 0 Å². The topological polar surface area (TPSA) is 109 Å². The molecule has 7 nitrogen and oxygen atoms in total. The summed E-state index contributed by atoms with van der Waals surface area (Å²) in [6.07, 6.45) is 3.70. The van der Waals surface area contributed by atoms with E-state index in [0.717, 1.165) is 46.4 Å². The van der Waals surface area contributed by atoms with Gasteiger partial charge in [0, 0.05) is 39.5 Å². The standard InChI is InChI=1S/C26H25Cl2N5O2/c1-16-5-7-18(11-20(16)23(12-29)33-32-15-34)26(9-10-26)25(35)31-14-19-8-6-17(13-30-19)24-21(27)3-2-4-22(24)28/h2-8,11,13,15H,9-10,12,14,29H2,1H3,(H,31,35)(H,32,34)/b33-23-. The van der Waals surface area contributed by atoms with Crippen molar-refractivity contribution >= 4 is 41.2 Å². The number of nitrogens with one attached hydrogen (secondary N) is 2. The van der Waals surface area contributed by atoms with E-state index in [1.165, 1.54) is 0 Å². The summed E-state index contributed by atoms with van der Waals surface area (Å²) in [5.74, 6) is -0.0513. The Kier molecular flexibility index (Phi) is 7.50. The van der Waals surface area contributed by atoms with Gasteiger partial charge in [0.2, 0.25) is 12.3 Å². The highest BCUT2D eigenvalue weighted by molar-refractivity contribution is 6.39. The number of pyridine rings is 1. The molecule has 0 spiro atoms.